The van der Waals surface area contributed by atoms with Gasteiger partial charge in [-0.25, -0.2) is 0 Å². The van der Waals surface area contributed by atoms with Gasteiger partial charge in [-0.2, -0.15) is 0 Å². The third-order valence-corrected chi connectivity index (χ3v) is 3.70. The van der Waals surface area contributed by atoms with Crippen LogP contribution in [-0.4, -0.2) is 28.4 Å². The molecule has 0 aliphatic rings. The van der Waals surface area contributed by atoms with Crippen LogP contribution in [0.1, 0.15) is 21.5 Å². The smallest absolute Gasteiger partial charge is 0.282 e. The molecule has 0 aliphatic heterocycles. The summed E-state index contributed by atoms with van der Waals surface area (Å²) < 4.78 is 0. The number of nitrogens with zero attached hydrogens (tertiary/aromatic N) is 1. The lowest BCUT2D eigenvalue weighted by Gasteiger charge is -2.18. The van der Waals surface area contributed by atoms with E-state index in [1.54, 1.807) is 42.5 Å². The van der Waals surface area contributed by atoms with Gasteiger partial charge in [-0.1, -0.05) is 67.2 Å². The number of anilines is 1. The number of nitrogens with two attached hydrogens (primary N) is 1. The highest BCUT2D eigenvalue weighted by atomic mass is 32.1. The summed E-state index contributed by atoms with van der Waals surface area (Å²) in [5.41, 5.74) is 6.54. The predicted octanol–water partition coefficient (Wildman–Crippen LogP) is 4.26. The van der Waals surface area contributed by atoms with E-state index >= 15 is 0 Å². The molecule has 142 valence electrons. The number of amides is 2. The number of hydrogen-bond acceptors (Lipinski definition) is 4. The molecule has 0 aromatic heterocycles. The molecule has 0 unspecified atom stereocenters. The minimum atomic E-state index is -0.639. The number of benzene rings is 2. The van der Waals surface area contributed by atoms with Gasteiger partial charge in [0.25, 0.3) is 10.5 Å². The molecule has 3 N–H and O–H groups in total. The highest BCUT2D eigenvalue weighted by Crippen LogP contribution is 2.24. The molecular formula is C19H20N2O4S2. The number of carbonyl (C=O) groups is 3. The van der Waals surface area contributed by atoms with Crippen LogP contribution in [0.15, 0.2) is 54.6 Å². The number of carbonyl (C=O) groups excluding carboxylic acids is 3. The number of primary amides is 1. The lowest BCUT2D eigenvalue weighted by atomic mass is 10.0. The quantitative estimate of drug-likeness (QED) is 0.265. The maximum Gasteiger partial charge on any atom is 0.282 e. The van der Waals surface area contributed by atoms with Gasteiger partial charge in [-0.3, -0.25) is 14.4 Å². The summed E-state index contributed by atoms with van der Waals surface area (Å²) in [6.45, 7) is 1.85. The van der Waals surface area contributed by atoms with Crippen molar-refractivity contribution >= 4 is 53.0 Å². The van der Waals surface area contributed by atoms with Crippen molar-refractivity contribution in [2.24, 2.45) is 5.73 Å². The van der Waals surface area contributed by atoms with E-state index in [4.69, 9.17) is 4.79 Å². The van der Waals surface area contributed by atoms with Crippen LogP contribution in [0.4, 0.5) is 15.3 Å². The normalized spacial score (nSPS) is 10.4. The first kappa shape index (κ1) is 22.3. The maximum absolute atomic E-state index is 12.5. The van der Waals surface area contributed by atoms with Crippen molar-refractivity contribution in [2.75, 3.05) is 11.9 Å². The van der Waals surface area contributed by atoms with E-state index in [2.05, 4.69) is 31.0 Å². The first-order valence-corrected chi connectivity index (χ1v) is 8.59. The molecule has 0 aliphatic carbocycles. The molecular weight excluding hydrogens is 384 g/mol. The van der Waals surface area contributed by atoms with Crippen LogP contribution in [-0.2, 0) is 0 Å². The highest BCUT2D eigenvalue weighted by molar-refractivity contribution is 7.97. The summed E-state index contributed by atoms with van der Waals surface area (Å²) in [4.78, 5) is 34.4. The van der Waals surface area contributed by atoms with Crippen molar-refractivity contribution < 1.29 is 19.5 Å². The molecule has 0 atom stereocenters. The molecule has 0 saturated heterocycles. The lowest BCUT2D eigenvalue weighted by Crippen LogP contribution is -2.22. The molecule has 2 rings (SSSR count). The molecule has 6 nitrogen and oxygen atoms in total. The Morgan fingerprint density at radius 3 is 2.15 bits per heavy atom. The van der Waals surface area contributed by atoms with Crippen LogP contribution < -0.4 is 10.6 Å². The summed E-state index contributed by atoms with van der Waals surface area (Å²) in [5, 5.41) is 8.99. The molecule has 2 aromatic carbocycles. The number of thiol groups is 2. The van der Waals surface area contributed by atoms with Crippen molar-refractivity contribution in [1.29, 1.82) is 0 Å². The molecule has 2 aromatic rings. The number of ketones is 1. The highest BCUT2D eigenvalue weighted by Gasteiger charge is 2.17. The standard InChI is InChI=1S/C18H17NO3S.CH3NOS/c1-12-8-9-15(19(2)18(22)23)14(10-12)17(21)11-16(20)13-6-4-3-5-7-13;2-1(3)4/h3-11,20H,1-2H3,(H,22,23);(H3,2,3,4). The molecule has 0 radical (unpaired) electrons. The van der Waals surface area contributed by atoms with Crippen LogP contribution in [0, 0.1) is 6.92 Å². The number of allylic oxidation sites excluding steroid dienone is 1. The van der Waals surface area contributed by atoms with Gasteiger partial charge in [0, 0.05) is 24.3 Å². The summed E-state index contributed by atoms with van der Waals surface area (Å²) in [6.07, 6.45) is 1.16. The van der Waals surface area contributed by atoms with Gasteiger partial charge in [-0.15, -0.1) is 0 Å². The van der Waals surface area contributed by atoms with Gasteiger partial charge in [0.05, 0.1) is 5.69 Å². The van der Waals surface area contributed by atoms with Crippen molar-refractivity contribution in [3.05, 3.63) is 71.3 Å². The second kappa shape index (κ2) is 10.4. The zero-order valence-corrected chi connectivity index (χ0v) is 16.6. The molecule has 2 amide bonds. The molecule has 0 spiro atoms. The number of aryl methyl sites for hydroxylation is 1. The third kappa shape index (κ3) is 7.20. The van der Waals surface area contributed by atoms with Crippen LogP contribution in [0.3, 0.4) is 0 Å². The van der Waals surface area contributed by atoms with E-state index in [-0.39, 0.29) is 11.5 Å². The van der Waals surface area contributed by atoms with Gasteiger partial charge in [0.2, 0.25) is 0 Å². The Kier molecular flexibility index (Phi) is 8.64. The van der Waals surface area contributed by atoms with E-state index < -0.39 is 10.5 Å². The van der Waals surface area contributed by atoms with Crippen molar-refractivity contribution in [3.8, 4) is 0 Å². The number of rotatable bonds is 4. The molecule has 0 saturated carbocycles. The lowest BCUT2D eigenvalue weighted by molar-refractivity contribution is 0.104. The number of aliphatic hydroxyl groups is 1. The van der Waals surface area contributed by atoms with Crippen molar-refractivity contribution in [3.63, 3.8) is 0 Å². The monoisotopic (exact) mass is 404 g/mol. The second-order valence-electron chi connectivity index (χ2n) is 5.46. The number of hydrogen-bond donors (Lipinski definition) is 4. The topological polar surface area (TPSA) is 101 Å². The Labute approximate surface area is 168 Å². The van der Waals surface area contributed by atoms with E-state index in [0.29, 0.717) is 16.8 Å². The van der Waals surface area contributed by atoms with E-state index in [1.807, 2.05) is 13.0 Å². The summed E-state index contributed by atoms with van der Waals surface area (Å²) >= 11 is 6.89. The molecule has 27 heavy (non-hydrogen) atoms. The van der Waals surface area contributed by atoms with Crippen LogP contribution in [0.25, 0.3) is 5.76 Å². The SMILES string of the molecule is Cc1ccc(N(C)C(=O)S)c(C(=O)C=C(O)c2ccccc2)c1.NC(=O)S. The number of aliphatic hydroxyl groups excluding tert-OH is 1. The average Bonchev–Trinajstić information content (AvgIpc) is 2.61. The summed E-state index contributed by atoms with van der Waals surface area (Å²) in [6, 6.07) is 14.0. The van der Waals surface area contributed by atoms with Gasteiger partial charge in [0.1, 0.15) is 5.76 Å². The minimum Gasteiger partial charge on any atom is -0.507 e. The van der Waals surface area contributed by atoms with Crippen LogP contribution in [0.2, 0.25) is 0 Å². The fraction of sp³-hybridized carbons (Fsp3) is 0.105. The van der Waals surface area contributed by atoms with Crippen LogP contribution in [0.5, 0.6) is 0 Å². The minimum absolute atomic E-state index is 0.122. The van der Waals surface area contributed by atoms with Crippen molar-refractivity contribution in [1.82, 2.24) is 0 Å². The zero-order valence-electron chi connectivity index (χ0n) is 14.8. The van der Waals surface area contributed by atoms with E-state index in [0.717, 1.165) is 11.6 Å². The molecule has 0 heterocycles. The first-order chi connectivity index (χ1) is 12.6. The van der Waals surface area contributed by atoms with E-state index in [9.17, 15) is 14.7 Å². The van der Waals surface area contributed by atoms with Gasteiger partial charge >= 0.3 is 0 Å². The van der Waals surface area contributed by atoms with Crippen molar-refractivity contribution in [2.45, 2.75) is 6.92 Å². The Bertz CT molecular complexity index is 863. The zero-order chi connectivity index (χ0) is 20.6. The van der Waals surface area contributed by atoms with E-state index in [1.165, 1.54) is 11.9 Å². The van der Waals surface area contributed by atoms with Gasteiger partial charge < -0.3 is 15.7 Å². The Balaban J connectivity index is 0.000000828. The average molecular weight is 405 g/mol. The summed E-state index contributed by atoms with van der Waals surface area (Å²) in [5.74, 6) is -0.505. The third-order valence-electron chi connectivity index (χ3n) is 3.40. The Morgan fingerprint density at radius 1 is 1.07 bits per heavy atom. The van der Waals surface area contributed by atoms with Gasteiger partial charge in [-0.05, 0) is 19.1 Å². The van der Waals surface area contributed by atoms with Crippen LogP contribution >= 0.6 is 25.3 Å². The first-order valence-electron chi connectivity index (χ1n) is 7.69. The Morgan fingerprint density at radius 2 is 1.63 bits per heavy atom. The fourth-order valence-corrected chi connectivity index (χ4v) is 2.24. The fourth-order valence-electron chi connectivity index (χ4n) is 2.14. The maximum atomic E-state index is 12.5. The summed E-state index contributed by atoms with van der Waals surface area (Å²) in [7, 11) is 1.54. The molecule has 0 bridgehead atoms. The Hall–Kier alpha value is -2.71. The molecule has 0 fully saturated rings. The largest absolute Gasteiger partial charge is 0.507 e. The molecule has 8 heteroatoms. The predicted molar refractivity (Wildman–Crippen MR) is 114 cm³/mol. The second-order valence-corrected chi connectivity index (χ2v) is 6.28. The van der Waals surface area contributed by atoms with Gasteiger partial charge in [0.15, 0.2) is 5.78 Å².